The van der Waals surface area contributed by atoms with Crippen LogP contribution in [0.25, 0.3) is 22.6 Å². The van der Waals surface area contributed by atoms with E-state index in [4.69, 9.17) is 9.15 Å². The third kappa shape index (κ3) is 4.62. The molecule has 0 amide bonds. The summed E-state index contributed by atoms with van der Waals surface area (Å²) >= 11 is 0. The number of aliphatic imine (C=N–C) groups is 1. The molecule has 0 aliphatic carbocycles. The van der Waals surface area contributed by atoms with Gasteiger partial charge >= 0.3 is 0 Å². The summed E-state index contributed by atoms with van der Waals surface area (Å²) in [5.41, 5.74) is 3.46. The van der Waals surface area contributed by atoms with E-state index in [1.807, 2.05) is 43.3 Å². The van der Waals surface area contributed by atoms with Gasteiger partial charge in [0.15, 0.2) is 5.58 Å². The van der Waals surface area contributed by atoms with Crippen LogP contribution in [-0.2, 0) is 0 Å². The van der Waals surface area contributed by atoms with Crippen molar-refractivity contribution in [2.45, 2.75) is 6.92 Å². The lowest BCUT2D eigenvalue weighted by molar-refractivity contribution is -0.385. The van der Waals surface area contributed by atoms with Crippen LogP contribution in [0.2, 0.25) is 0 Å². The second kappa shape index (κ2) is 8.99. The molecule has 0 bridgehead atoms. The molecule has 0 unspecified atom stereocenters. The summed E-state index contributed by atoms with van der Waals surface area (Å²) in [6.45, 7) is 1.92. The average molecular weight is 445 g/mol. The number of rotatable bonds is 7. The van der Waals surface area contributed by atoms with Gasteiger partial charge in [-0.15, -0.1) is 0 Å². The number of oxazole rings is 1. The third-order valence-corrected chi connectivity index (χ3v) is 4.93. The molecule has 0 fully saturated rings. The zero-order chi connectivity index (χ0) is 23.5. The summed E-state index contributed by atoms with van der Waals surface area (Å²) in [6.07, 6.45) is 1.29. The maximum Gasteiger partial charge on any atom is 0.273 e. The third-order valence-electron chi connectivity index (χ3n) is 4.93. The van der Waals surface area contributed by atoms with Crippen LogP contribution >= 0.6 is 0 Å². The van der Waals surface area contributed by atoms with Gasteiger partial charge in [-0.25, -0.2) is 4.98 Å². The predicted molar refractivity (Wildman–Crippen MR) is 125 cm³/mol. The molecule has 4 aromatic rings. The van der Waals surface area contributed by atoms with E-state index >= 15 is 0 Å². The van der Waals surface area contributed by atoms with Gasteiger partial charge in [0.25, 0.3) is 5.69 Å². The molecule has 4 rings (SSSR count). The fourth-order valence-electron chi connectivity index (χ4n) is 3.24. The molecule has 0 spiro atoms. The van der Waals surface area contributed by atoms with Crippen LogP contribution in [0.4, 0.5) is 17.1 Å². The number of nitro benzene ring substituents is 1. The quantitative estimate of drug-likeness (QED) is 0.230. The zero-order valence-electron chi connectivity index (χ0n) is 18.3. The van der Waals surface area contributed by atoms with Crippen molar-refractivity contribution in [2.24, 2.45) is 4.99 Å². The molecular weight excluding hydrogens is 424 g/mol. The van der Waals surface area contributed by atoms with Gasteiger partial charge in [-0.3, -0.25) is 15.1 Å². The molecular formula is C24H21N4O5-. The maximum absolute atomic E-state index is 12.5. The van der Waals surface area contributed by atoms with Crippen LogP contribution in [0.3, 0.4) is 0 Å². The molecule has 9 nitrogen and oxygen atoms in total. The first-order valence-corrected chi connectivity index (χ1v) is 10.2. The highest BCUT2D eigenvalue weighted by Crippen LogP contribution is 2.33. The number of nitrogens with zero attached hydrogens (tertiary/aromatic N) is 4. The summed E-state index contributed by atoms with van der Waals surface area (Å²) in [6, 6.07) is 15.3. The molecule has 0 saturated heterocycles. The SMILES string of the molecule is CCOc1cc([N+](=O)[O-])cc(C=Nc2ccc3oc(-c4ccc(N(C)C)cc4)nc3c2)c1[O-]. The number of benzene rings is 3. The van der Waals surface area contributed by atoms with E-state index in [0.29, 0.717) is 22.7 Å². The fraction of sp³-hybridized carbons (Fsp3) is 0.167. The molecule has 0 aliphatic heterocycles. The summed E-state index contributed by atoms with van der Waals surface area (Å²) in [4.78, 5) is 21.5. The Morgan fingerprint density at radius 2 is 1.91 bits per heavy atom. The molecule has 3 aromatic carbocycles. The van der Waals surface area contributed by atoms with Gasteiger partial charge < -0.3 is 19.2 Å². The Bertz CT molecular complexity index is 1340. The lowest BCUT2D eigenvalue weighted by Crippen LogP contribution is -2.07. The Morgan fingerprint density at radius 1 is 1.15 bits per heavy atom. The monoisotopic (exact) mass is 445 g/mol. The molecule has 0 atom stereocenters. The molecule has 1 aromatic heterocycles. The van der Waals surface area contributed by atoms with E-state index in [1.165, 1.54) is 12.3 Å². The Morgan fingerprint density at radius 3 is 2.58 bits per heavy atom. The lowest BCUT2D eigenvalue weighted by atomic mass is 10.1. The van der Waals surface area contributed by atoms with E-state index in [0.717, 1.165) is 17.3 Å². The summed E-state index contributed by atoms with van der Waals surface area (Å²) in [5.74, 6) is -0.0551. The van der Waals surface area contributed by atoms with E-state index in [1.54, 1.807) is 25.1 Å². The highest BCUT2D eigenvalue weighted by atomic mass is 16.6. The highest BCUT2D eigenvalue weighted by molar-refractivity contribution is 5.89. The van der Waals surface area contributed by atoms with Gasteiger partial charge in [0, 0.05) is 37.6 Å². The first-order chi connectivity index (χ1) is 15.9. The molecule has 0 aliphatic rings. The smallest absolute Gasteiger partial charge is 0.273 e. The molecule has 33 heavy (non-hydrogen) atoms. The number of ether oxygens (including phenoxy) is 1. The normalized spacial score (nSPS) is 11.2. The number of anilines is 1. The minimum atomic E-state index is -0.576. The highest BCUT2D eigenvalue weighted by Gasteiger charge is 2.12. The van der Waals surface area contributed by atoms with Crippen molar-refractivity contribution < 1.29 is 19.2 Å². The van der Waals surface area contributed by atoms with E-state index < -0.39 is 10.7 Å². The van der Waals surface area contributed by atoms with Gasteiger partial charge in [-0.05, 0) is 55.0 Å². The van der Waals surface area contributed by atoms with Gasteiger partial charge in [0.2, 0.25) is 5.89 Å². The van der Waals surface area contributed by atoms with E-state index in [-0.39, 0.29) is 23.6 Å². The number of hydrogen-bond acceptors (Lipinski definition) is 8. The van der Waals surface area contributed by atoms with Gasteiger partial charge in [-0.1, -0.05) is 5.75 Å². The molecule has 168 valence electrons. The van der Waals surface area contributed by atoms with Crippen LogP contribution in [0, 0.1) is 10.1 Å². The van der Waals surface area contributed by atoms with Crippen molar-refractivity contribution in [3.05, 3.63) is 70.3 Å². The first kappa shape index (κ1) is 21.8. The molecule has 1 heterocycles. The Balaban J connectivity index is 1.64. The Kier molecular flexibility index (Phi) is 5.95. The van der Waals surface area contributed by atoms with Gasteiger partial charge in [-0.2, -0.15) is 0 Å². The number of fused-ring (bicyclic) bond motifs is 1. The summed E-state index contributed by atoms with van der Waals surface area (Å²) < 4.78 is 11.1. The fourth-order valence-corrected chi connectivity index (χ4v) is 3.24. The summed E-state index contributed by atoms with van der Waals surface area (Å²) in [7, 11) is 3.94. The van der Waals surface area contributed by atoms with E-state index in [2.05, 4.69) is 9.98 Å². The van der Waals surface area contributed by atoms with Crippen LogP contribution in [0.5, 0.6) is 11.5 Å². The van der Waals surface area contributed by atoms with Crippen LogP contribution < -0.4 is 14.7 Å². The first-order valence-electron chi connectivity index (χ1n) is 10.2. The van der Waals surface area contributed by atoms with Crippen molar-refractivity contribution in [3.8, 4) is 23.0 Å². The minimum Gasteiger partial charge on any atom is -0.870 e. The number of nitro groups is 1. The van der Waals surface area contributed by atoms with Crippen molar-refractivity contribution in [1.82, 2.24) is 4.98 Å². The lowest BCUT2D eigenvalue weighted by Gasteiger charge is -2.16. The number of non-ortho nitro benzene ring substituents is 1. The standard InChI is InChI=1S/C24H22N4O5/c1-4-32-22-13-19(28(30)31)11-16(23(22)29)14-25-17-7-10-21-20(12-17)26-24(33-21)15-5-8-18(9-6-15)27(2)3/h5-14,29H,4H2,1-3H3/p-1. The Hall–Kier alpha value is -4.40. The van der Waals surface area contributed by atoms with Crippen molar-refractivity contribution in [2.75, 3.05) is 25.6 Å². The van der Waals surface area contributed by atoms with Gasteiger partial charge in [0.1, 0.15) is 11.3 Å². The molecule has 0 N–H and O–H groups in total. The second-order valence-electron chi connectivity index (χ2n) is 7.42. The van der Waals surface area contributed by atoms with Crippen LogP contribution in [0.1, 0.15) is 12.5 Å². The molecule has 0 saturated carbocycles. The van der Waals surface area contributed by atoms with Crippen molar-refractivity contribution >= 4 is 34.4 Å². The summed E-state index contributed by atoms with van der Waals surface area (Å²) in [5, 5.41) is 23.7. The number of hydrogen-bond donors (Lipinski definition) is 0. The average Bonchev–Trinajstić information content (AvgIpc) is 3.23. The van der Waals surface area contributed by atoms with Crippen LogP contribution in [-0.4, -0.2) is 36.8 Å². The van der Waals surface area contributed by atoms with Crippen molar-refractivity contribution in [1.29, 1.82) is 0 Å². The van der Waals surface area contributed by atoms with Crippen molar-refractivity contribution in [3.63, 3.8) is 0 Å². The Labute approximate surface area is 189 Å². The largest absolute Gasteiger partial charge is 0.870 e. The van der Waals surface area contributed by atoms with E-state index in [9.17, 15) is 15.2 Å². The molecule has 9 heteroatoms. The topological polar surface area (TPSA) is 117 Å². The van der Waals surface area contributed by atoms with Gasteiger partial charge in [0.05, 0.1) is 23.3 Å². The number of aromatic nitrogens is 1. The minimum absolute atomic E-state index is 0.0644. The van der Waals surface area contributed by atoms with Crippen LogP contribution in [0.15, 0.2) is 64.0 Å². The predicted octanol–water partition coefficient (Wildman–Crippen LogP) is 4.69. The zero-order valence-corrected chi connectivity index (χ0v) is 18.3. The second-order valence-corrected chi connectivity index (χ2v) is 7.42. The maximum atomic E-state index is 12.5. The molecule has 0 radical (unpaired) electrons.